The van der Waals surface area contributed by atoms with Crippen LogP contribution in [0.1, 0.15) is 19.8 Å². The van der Waals surface area contributed by atoms with Gasteiger partial charge in [-0.05, 0) is 35.1 Å². The summed E-state index contributed by atoms with van der Waals surface area (Å²) < 4.78 is 11.8. The summed E-state index contributed by atoms with van der Waals surface area (Å²) in [4.78, 5) is 0. The number of hydrogen-bond donors (Lipinski definition) is 0. The highest BCUT2D eigenvalue weighted by molar-refractivity contribution is 14.1. The second-order valence-corrected chi connectivity index (χ2v) is 2.70. The number of allylic oxidation sites excluding steroid dienone is 3. The molecule has 0 aliphatic carbocycles. The third-order valence-electron chi connectivity index (χ3n) is 0.814. The highest BCUT2D eigenvalue weighted by Crippen LogP contribution is 2.05. The summed E-state index contributed by atoms with van der Waals surface area (Å²) in [5.41, 5.74) is 0. The first-order valence-electron chi connectivity index (χ1n) is 2.95. The van der Waals surface area contributed by atoms with E-state index in [1.807, 2.05) is 6.08 Å². The largest absolute Gasteiger partial charge is 0.200 e. The summed E-state index contributed by atoms with van der Waals surface area (Å²) in [6.45, 7) is 2.09. The summed E-state index contributed by atoms with van der Waals surface area (Å²) in [7, 11) is 0. The molecule has 0 saturated heterocycles. The van der Waals surface area contributed by atoms with E-state index in [4.69, 9.17) is 0 Å². The van der Waals surface area contributed by atoms with Crippen molar-refractivity contribution < 1.29 is 4.39 Å². The summed E-state index contributed by atoms with van der Waals surface area (Å²) in [6, 6.07) is 0. The minimum Gasteiger partial charge on any atom is -0.200 e. The maximum absolute atomic E-state index is 11.9. The zero-order chi connectivity index (χ0) is 7.11. The van der Waals surface area contributed by atoms with Gasteiger partial charge in [-0.2, -0.15) is 4.39 Å². The SMILES string of the molecule is CCC/C=C\C=C(\F)I. The molecule has 0 aromatic carbocycles. The molecular weight excluding hydrogens is 230 g/mol. The van der Waals surface area contributed by atoms with Crippen molar-refractivity contribution in [2.45, 2.75) is 19.8 Å². The van der Waals surface area contributed by atoms with Crippen LogP contribution in [-0.2, 0) is 0 Å². The van der Waals surface area contributed by atoms with Crippen LogP contribution in [0.3, 0.4) is 0 Å². The first-order chi connectivity index (χ1) is 4.27. The van der Waals surface area contributed by atoms with Crippen molar-refractivity contribution >= 4 is 22.6 Å². The summed E-state index contributed by atoms with van der Waals surface area (Å²) in [5, 5.41) is 0. The molecule has 52 valence electrons. The lowest BCUT2D eigenvalue weighted by Crippen LogP contribution is -1.58. The van der Waals surface area contributed by atoms with E-state index in [0.717, 1.165) is 12.8 Å². The quantitative estimate of drug-likeness (QED) is 0.522. The van der Waals surface area contributed by atoms with Crippen molar-refractivity contribution in [3.05, 3.63) is 22.1 Å². The molecule has 0 N–H and O–H groups in total. The van der Waals surface area contributed by atoms with Gasteiger partial charge in [0.05, 0.1) is 0 Å². The molecule has 9 heavy (non-hydrogen) atoms. The second-order valence-electron chi connectivity index (χ2n) is 1.67. The molecule has 0 spiro atoms. The molecule has 0 unspecified atom stereocenters. The van der Waals surface area contributed by atoms with E-state index in [9.17, 15) is 4.39 Å². The molecule has 0 saturated carbocycles. The molecule has 0 heterocycles. The van der Waals surface area contributed by atoms with E-state index in [0.29, 0.717) is 0 Å². The molecule has 0 aliphatic rings. The molecule has 0 aromatic heterocycles. The monoisotopic (exact) mass is 240 g/mol. The molecule has 0 fully saturated rings. The van der Waals surface area contributed by atoms with Gasteiger partial charge in [0.15, 0.2) is 3.83 Å². The topological polar surface area (TPSA) is 0 Å². The van der Waals surface area contributed by atoms with Gasteiger partial charge in [0.2, 0.25) is 0 Å². The van der Waals surface area contributed by atoms with Gasteiger partial charge in [0.25, 0.3) is 0 Å². The zero-order valence-corrected chi connectivity index (χ0v) is 7.56. The lowest BCUT2D eigenvalue weighted by atomic mass is 10.3. The third kappa shape index (κ3) is 8.14. The van der Waals surface area contributed by atoms with Crippen molar-refractivity contribution in [1.82, 2.24) is 0 Å². The Bertz CT molecular complexity index is 112. The van der Waals surface area contributed by atoms with Crippen molar-refractivity contribution in [1.29, 1.82) is 0 Å². The Morgan fingerprint density at radius 2 is 2.33 bits per heavy atom. The standard InChI is InChI=1S/C7H10FI/c1-2-3-4-5-6-7(8)9/h4-6H,2-3H2,1H3/b5-4-,7-6-. The highest BCUT2D eigenvalue weighted by atomic mass is 127. The molecule has 0 nitrogen and oxygen atoms in total. The Morgan fingerprint density at radius 3 is 2.78 bits per heavy atom. The van der Waals surface area contributed by atoms with Crippen molar-refractivity contribution in [3.8, 4) is 0 Å². The molecule has 0 aliphatic heterocycles. The number of hydrogen-bond acceptors (Lipinski definition) is 0. The van der Waals surface area contributed by atoms with Gasteiger partial charge in [-0.3, -0.25) is 0 Å². The van der Waals surface area contributed by atoms with Crippen LogP contribution in [0.25, 0.3) is 0 Å². The van der Waals surface area contributed by atoms with Gasteiger partial charge in [-0.25, -0.2) is 0 Å². The maximum atomic E-state index is 11.9. The van der Waals surface area contributed by atoms with Crippen molar-refractivity contribution in [3.63, 3.8) is 0 Å². The molecular formula is C7H10FI. The van der Waals surface area contributed by atoms with E-state index in [1.165, 1.54) is 6.08 Å². The summed E-state index contributed by atoms with van der Waals surface area (Å²) in [5.74, 6) is 0. The first kappa shape index (κ1) is 9.14. The fraction of sp³-hybridized carbons (Fsp3) is 0.429. The Labute approximate surface area is 69.0 Å². The molecule has 2 heteroatoms. The van der Waals surface area contributed by atoms with Crippen LogP contribution in [0.15, 0.2) is 22.1 Å². The van der Waals surface area contributed by atoms with E-state index >= 15 is 0 Å². The average Bonchev–Trinajstić information content (AvgIpc) is 1.80. The normalized spacial score (nSPS) is 13.0. The smallest absolute Gasteiger partial charge is 0.160 e. The van der Waals surface area contributed by atoms with Gasteiger partial charge in [0, 0.05) is 0 Å². The van der Waals surface area contributed by atoms with Crippen LogP contribution in [0.5, 0.6) is 0 Å². The summed E-state index contributed by atoms with van der Waals surface area (Å²) >= 11 is 1.64. The molecule has 0 bridgehead atoms. The van der Waals surface area contributed by atoms with Gasteiger partial charge in [-0.15, -0.1) is 0 Å². The molecule has 0 rings (SSSR count). The fourth-order valence-electron chi connectivity index (χ4n) is 0.404. The molecule has 0 amide bonds. The van der Waals surface area contributed by atoms with Crippen LogP contribution < -0.4 is 0 Å². The first-order valence-corrected chi connectivity index (χ1v) is 4.03. The molecule has 0 radical (unpaired) electrons. The molecule has 0 aromatic rings. The zero-order valence-electron chi connectivity index (χ0n) is 5.40. The van der Waals surface area contributed by atoms with Crippen LogP contribution in [0, 0.1) is 0 Å². The van der Waals surface area contributed by atoms with Gasteiger partial charge < -0.3 is 0 Å². The maximum Gasteiger partial charge on any atom is 0.160 e. The Kier molecular flexibility index (Phi) is 6.36. The Hall–Kier alpha value is 0.140. The minimum atomic E-state index is -0.167. The Balaban J connectivity index is 3.35. The molecule has 0 atom stereocenters. The predicted molar refractivity (Wildman–Crippen MR) is 47.3 cm³/mol. The van der Waals surface area contributed by atoms with E-state index < -0.39 is 0 Å². The van der Waals surface area contributed by atoms with E-state index in [1.54, 1.807) is 28.7 Å². The minimum absolute atomic E-state index is 0.167. The Morgan fingerprint density at radius 1 is 1.67 bits per heavy atom. The summed E-state index contributed by atoms with van der Waals surface area (Å²) in [6.07, 6.45) is 7.30. The van der Waals surface area contributed by atoms with Gasteiger partial charge >= 0.3 is 0 Å². The average molecular weight is 240 g/mol. The predicted octanol–water partition coefficient (Wildman–Crippen LogP) is 3.59. The fourth-order valence-corrected chi connectivity index (χ4v) is 0.611. The lowest BCUT2D eigenvalue weighted by Gasteiger charge is -1.79. The number of halogens is 2. The number of unbranched alkanes of at least 4 members (excludes halogenated alkanes) is 1. The third-order valence-corrected chi connectivity index (χ3v) is 1.17. The van der Waals surface area contributed by atoms with Crippen LogP contribution in [0.4, 0.5) is 4.39 Å². The van der Waals surface area contributed by atoms with Crippen LogP contribution in [0.2, 0.25) is 0 Å². The van der Waals surface area contributed by atoms with Crippen LogP contribution in [-0.4, -0.2) is 0 Å². The lowest BCUT2D eigenvalue weighted by molar-refractivity contribution is 0.711. The second kappa shape index (κ2) is 6.26. The number of rotatable bonds is 3. The van der Waals surface area contributed by atoms with E-state index in [2.05, 4.69) is 6.92 Å². The van der Waals surface area contributed by atoms with E-state index in [-0.39, 0.29) is 3.83 Å². The van der Waals surface area contributed by atoms with Gasteiger partial charge in [0.1, 0.15) is 0 Å². The van der Waals surface area contributed by atoms with Crippen molar-refractivity contribution in [2.75, 3.05) is 0 Å². The van der Waals surface area contributed by atoms with Crippen molar-refractivity contribution in [2.24, 2.45) is 0 Å². The van der Waals surface area contributed by atoms with Gasteiger partial charge in [-0.1, -0.05) is 25.5 Å². The van der Waals surface area contributed by atoms with Crippen LogP contribution >= 0.6 is 22.6 Å². The highest BCUT2D eigenvalue weighted by Gasteiger charge is 1.76.